The highest BCUT2D eigenvalue weighted by atomic mass is 16.6. The average molecular weight is 290 g/mol. The number of carbonyl (C=O) groups excluding carboxylic acids is 1. The van der Waals surface area contributed by atoms with Gasteiger partial charge >= 0.3 is 5.97 Å². The molecule has 0 saturated heterocycles. The molecule has 0 radical (unpaired) electrons. The Morgan fingerprint density at radius 1 is 0.905 bits per heavy atom. The lowest BCUT2D eigenvalue weighted by atomic mass is 9.78. The second kappa shape index (κ2) is 5.82. The molecule has 0 heterocycles. The van der Waals surface area contributed by atoms with E-state index in [0.29, 0.717) is 0 Å². The maximum atomic E-state index is 12.6. The van der Waals surface area contributed by atoms with Crippen molar-refractivity contribution in [2.75, 3.05) is 0 Å². The minimum absolute atomic E-state index is 0.118. The van der Waals surface area contributed by atoms with Crippen molar-refractivity contribution in [1.29, 1.82) is 0 Å². The van der Waals surface area contributed by atoms with Crippen LogP contribution in [0.4, 0.5) is 0 Å². The molecule has 2 nitrogen and oxygen atoms in total. The predicted molar refractivity (Wildman–Crippen MR) is 88.6 cm³/mol. The molecule has 118 valence electrons. The molecule has 0 aliphatic rings. The molecule has 0 aliphatic carbocycles. The van der Waals surface area contributed by atoms with Gasteiger partial charge in [0.1, 0.15) is 5.60 Å². The lowest BCUT2D eigenvalue weighted by molar-refractivity contribution is -0.161. The average Bonchev–Trinajstić information content (AvgIpc) is 2.34. The van der Waals surface area contributed by atoms with Crippen molar-refractivity contribution in [1.82, 2.24) is 0 Å². The van der Waals surface area contributed by atoms with Crippen LogP contribution in [-0.2, 0) is 20.4 Å². The largest absolute Gasteiger partial charge is 0.459 e. The Hall–Kier alpha value is -1.31. The van der Waals surface area contributed by atoms with Crippen molar-refractivity contribution in [2.45, 2.75) is 78.2 Å². The van der Waals surface area contributed by atoms with E-state index in [4.69, 9.17) is 4.74 Å². The molecule has 0 amide bonds. The van der Waals surface area contributed by atoms with Crippen LogP contribution < -0.4 is 0 Å². The zero-order chi connectivity index (χ0) is 16.5. The minimum Gasteiger partial charge on any atom is -0.459 e. The lowest BCUT2D eigenvalue weighted by Crippen LogP contribution is -2.38. The third kappa shape index (κ3) is 4.33. The maximum Gasteiger partial charge on any atom is 0.316 e. The second-order valence-corrected chi connectivity index (χ2v) is 8.01. The standard InChI is InChI=1S/C19H30O2/c1-9-19(8,16(20)21-18(5,6)7)15-12-10-14(11-13-15)17(2,3)4/h10-13H,9H2,1-8H3. The molecule has 1 atom stereocenters. The third-order valence-electron chi connectivity index (χ3n) is 3.94. The minimum atomic E-state index is -0.594. The molecule has 1 aromatic rings. The fourth-order valence-corrected chi connectivity index (χ4v) is 2.20. The van der Waals surface area contributed by atoms with Crippen molar-refractivity contribution in [3.63, 3.8) is 0 Å². The summed E-state index contributed by atoms with van der Waals surface area (Å²) in [5, 5.41) is 0. The smallest absolute Gasteiger partial charge is 0.316 e. The van der Waals surface area contributed by atoms with Crippen molar-refractivity contribution < 1.29 is 9.53 Å². The summed E-state index contributed by atoms with van der Waals surface area (Å²) in [4.78, 5) is 12.6. The van der Waals surface area contributed by atoms with E-state index in [1.54, 1.807) is 0 Å². The molecule has 2 heteroatoms. The Morgan fingerprint density at radius 3 is 1.67 bits per heavy atom. The summed E-state index contributed by atoms with van der Waals surface area (Å²) in [7, 11) is 0. The molecule has 0 spiro atoms. The quantitative estimate of drug-likeness (QED) is 0.733. The topological polar surface area (TPSA) is 26.3 Å². The third-order valence-corrected chi connectivity index (χ3v) is 3.94. The highest BCUT2D eigenvalue weighted by Crippen LogP contribution is 2.32. The first-order chi connectivity index (χ1) is 9.40. The van der Waals surface area contributed by atoms with Gasteiger partial charge in [-0.15, -0.1) is 0 Å². The van der Waals surface area contributed by atoms with Crippen LogP contribution in [0.5, 0.6) is 0 Å². The van der Waals surface area contributed by atoms with E-state index in [-0.39, 0.29) is 11.4 Å². The summed E-state index contributed by atoms with van der Waals surface area (Å²) in [6, 6.07) is 8.36. The van der Waals surface area contributed by atoms with Gasteiger partial charge in [-0.3, -0.25) is 4.79 Å². The highest BCUT2D eigenvalue weighted by Gasteiger charge is 2.37. The Labute approximate surface area is 129 Å². The number of hydrogen-bond acceptors (Lipinski definition) is 2. The molecular formula is C19H30O2. The molecule has 1 rings (SSSR count). The lowest BCUT2D eigenvalue weighted by Gasteiger charge is -2.31. The number of benzene rings is 1. The van der Waals surface area contributed by atoms with Crippen LogP contribution in [0.15, 0.2) is 24.3 Å². The molecule has 0 aromatic heterocycles. The van der Waals surface area contributed by atoms with Gasteiger partial charge in [-0.2, -0.15) is 0 Å². The van der Waals surface area contributed by atoms with Crippen LogP contribution in [0.3, 0.4) is 0 Å². The number of hydrogen-bond donors (Lipinski definition) is 0. The molecule has 0 aliphatic heterocycles. The summed E-state index contributed by atoms with van der Waals surface area (Å²) >= 11 is 0. The fourth-order valence-electron chi connectivity index (χ4n) is 2.20. The first-order valence-corrected chi connectivity index (χ1v) is 7.74. The number of esters is 1. The molecule has 0 N–H and O–H groups in total. The van der Waals surface area contributed by atoms with Gasteiger partial charge in [-0.05, 0) is 50.7 Å². The van der Waals surface area contributed by atoms with Gasteiger partial charge in [0.25, 0.3) is 0 Å². The second-order valence-electron chi connectivity index (χ2n) is 8.01. The van der Waals surface area contributed by atoms with Gasteiger partial charge < -0.3 is 4.74 Å². The zero-order valence-corrected chi connectivity index (χ0v) is 14.8. The van der Waals surface area contributed by atoms with E-state index in [1.807, 2.05) is 34.6 Å². The molecule has 0 fully saturated rings. The summed E-state index contributed by atoms with van der Waals surface area (Å²) in [5.41, 5.74) is 1.36. The fraction of sp³-hybridized carbons (Fsp3) is 0.632. The highest BCUT2D eigenvalue weighted by molar-refractivity contribution is 5.83. The van der Waals surface area contributed by atoms with Crippen LogP contribution in [-0.4, -0.2) is 11.6 Å². The molecule has 21 heavy (non-hydrogen) atoms. The van der Waals surface area contributed by atoms with Gasteiger partial charge in [0, 0.05) is 0 Å². The Bertz CT molecular complexity index is 486. The summed E-state index contributed by atoms with van der Waals surface area (Å²) in [6.07, 6.45) is 0.719. The summed E-state index contributed by atoms with van der Waals surface area (Å²) in [6.45, 7) is 16.3. The number of ether oxygens (including phenoxy) is 1. The zero-order valence-electron chi connectivity index (χ0n) is 14.8. The van der Waals surface area contributed by atoms with Crippen molar-refractivity contribution in [3.8, 4) is 0 Å². The normalized spacial score (nSPS) is 15.4. The molecule has 0 saturated carbocycles. The Morgan fingerprint density at radius 2 is 1.33 bits per heavy atom. The Balaban J connectivity index is 3.12. The van der Waals surface area contributed by atoms with Gasteiger partial charge in [0.2, 0.25) is 0 Å². The first kappa shape index (κ1) is 17.7. The SMILES string of the molecule is CCC(C)(C(=O)OC(C)(C)C)c1ccc(C(C)(C)C)cc1. The van der Waals surface area contributed by atoms with Crippen LogP contribution >= 0.6 is 0 Å². The van der Waals surface area contributed by atoms with E-state index >= 15 is 0 Å². The summed E-state index contributed by atoms with van der Waals surface area (Å²) < 4.78 is 5.61. The van der Waals surface area contributed by atoms with Gasteiger partial charge in [0.15, 0.2) is 0 Å². The van der Waals surface area contributed by atoms with Crippen molar-refractivity contribution in [3.05, 3.63) is 35.4 Å². The van der Waals surface area contributed by atoms with Crippen LogP contribution in [0, 0.1) is 0 Å². The predicted octanol–water partition coefficient (Wildman–Crippen LogP) is 4.99. The molecular weight excluding hydrogens is 260 g/mol. The van der Waals surface area contributed by atoms with E-state index in [9.17, 15) is 4.79 Å². The van der Waals surface area contributed by atoms with Crippen molar-refractivity contribution in [2.24, 2.45) is 0 Å². The van der Waals surface area contributed by atoms with Gasteiger partial charge in [-0.25, -0.2) is 0 Å². The molecule has 1 aromatic carbocycles. The number of carbonyl (C=O) groups is 1. The van der Waals surface area contributed by atoms with Crippen LogP contribution in [0.2, 0.25) is 0 Å². The van der Waals surface area contributed by atoms with Gasteiger partial charge in [0.05, 0.1) is 5.41 Å². The van der Waals surface area contributed by atoms with Gasteiger partial charge in [-0.1, -0.05) is 52.0 Å². The molecule has 0 bridgehead atoms. The van der Waals surface area contributed by atoms with E-state index in [1.165, 1.54) is 5.56 Å². The number of rotatable bonds is 3. The van der Waals surface area contributed by atoms with Crippen LogP contribution in [0.1, 0.15) is 72.9 Å². The van der Waals surface area contributed by atoms with Crippen molar-refractivity contribution >= 4 is 5.97 Å². The monoisotopic (exact) mass is 290 g/mol. The molecule has 1 unspecified atom stereocenters. The summed E-state index contributed by atoms with van der Waals surface area (Å²) in [5.74, 6) is -0.152. The van der Waals surface area contributed by atoms with E-state index in [0.717, 1.165) is 12.0 Å². The van der Waals surface area contributed by atoms with Crippen LogP contribution in [0.25, 0.3) is 0 Å². The first-order valence-electron chi connectivity index (χ1n) is 7.74. The maximum absolute atomic E-state index is 12.6. The van der Waals surface area contributed by atoms with E-state index in [2.05, 4.69) is 45.0 Å². The van der Waals surface area contributed by atoms with E-state index < -0.39 is 11.0 Å². The Kier molecular flexibility index (Phi) is 4.92.